The zero-order valence-electron chi connectivity index (χ0n) is 17.2. The number of carbonyl (C=O) groups is 1. The molecule has 0 spiro atoms. The maximum atomic E-state index is 12.3. The van der Waals surface area contributed by atoms with E-state index in [-0.39, 0.29) is 38.0 Å². The summed E-state index contributed by atoms with van der Waals surface area (Å²) >= 11 is 0. The van der Waals surface area contributed by atoms with Gasteiger partial charge in [-0.1, -0.05) is 0 Å². The monoisotopic (exact) mass is 432 g/mol. The van der Waals surface area contributed by atoms with Crippen molar-refractivity contribution in [2.24, 2.45) is 11.5 Å². The van der Waals surface area contributed by atoms with Crippen molar-refractivity contribution in [1.29, 1.82) is 0 Å². The fourth-order valence-electron chi connectivity index (χ4n) is 4.52. The molecule has 1 saturated heterocycles. The molecule has 1 heterocycles. The van der Waals surface area contributed by atoms with Gasteiger partial charge in [-0.25, -0.2) is 0 Å². The molecule has 2 saturated carbocycles. The van der Waals surface area contributed by atoms with E-state index in [4.69, 9.17) is 26.0 Å². The summed E-state index contributed by atoms with van der Waals surface area (Å²) in [7, 11) is 0. The minimum absolute atomic E-state index is 0.00618. The Morgan fingerprint density at radius 1 is 1.17 bits per heavy atom. The number of hydrogen-bond donors (Lipinski definition) is 8. The van der Waals surface area contributed by atoms with Crippen LogP contribution in [0, 0.1) is 0 Å². The highest BCUT2D eigenvalue weighted by atomic mass is 16.7. The first-order valence-electron chi connectivity index (χ1n) is 10.7. The summed E-state index contributed by atoms with van der Waals surface area (Å²) in [4.78, 5) is 12.3. The Morgan fingerprint density at radius 2 is 1.90 bits per heavy atom. The van der Waals surface area contributed by atoms with Gasteiger partial charge in [-0.15, -0.1) is 0 Å². The molecule has 30 heavy (non-hydrogen) atoms. The van der Waals surface area contributed by atoms with Crippen molar-refractivity contribution in [2.45, 2.75) is 93.0 Å². The quantitative estimate of drug-likeness (QED) is 0.180. The van der Waals surface area contributed by atoms with Gasteiger partial charge < -0.3 is 52.0 Å². The average Bonchev–Trinajstić information content (AvgIpc) is 2.66. The van der Waals surface area contributed by atoms with E-state index in [2.05, 4.69) is 10.6 Å². The molecule has 7 atom stereocenters. The Balaban J connectivity index is 1.48. The van der Waals surface area contributed by atoms with Crippen LogP contribution in [0.2, 0.25) is 0 Å². The van der Waals surface area contributed by atoms with E-state index in [1.54, 1.807) is 0 Å². The van der Waals surface area contributed by atoms with Gasteiger partial charge in [0.15, 0.2) is 6.29 Å². The SMILES string of the molecule is NC1CC(O)(C(=O)NC2CC(N)[C@@H](O[C@@H]3CC[C@H](O)C(CNCCO)O3)C(O)C2)C1. The van der Waals surface area contributed by atoms with Gasteiger partial charge in [0.2, 0.25) is 0 Å². The summed E-state index contributed by atoms with van der Waals surface area (Å²) in [5, 5.41) is 45.5. The lowest BCUT2D eigenvalue weighted by molar-refractivity contribution is -0.255. The highest BCUT2D eigenvalue weighted by molar-refractivity contribution is 5.86. The molecule has 2 aliphatic carbocycles. The molecule has 0 aromatic rings. The Bertz CT molecular complexity index is 565. The number of aliphatic hydroxyl groups is 4. The van der Waals surface area contributed by atoms with Crippen LogP contribution < -0.4 is 22.1 Å². The predicted octanol–water partition coefficient (Wildman–Crippen LogP) is -3.36. The molecule has 11 nitrogen and oxygen atoms in total. The van der Waals surface area contributed by atoms with Gasteiger partial charge >= 0.3 is 0 Å². The van der Waals surface area contributed by atoms with Gasteiger partial charge in [-0.3, -0.25) is 4.79 Å². The third-order valence-corrected chi connectivity index (χ3v) is 6.24. The summed E-state index contributed by atoms with van der Waals surface area (Å²) < 4.78 is 11.8. The molecule has 3 rings (SSSR count). The first kappa shape index (κ1) is 23.8. The zero-order valence-corrected chi connectivity index (χ0v) is 17.2. The van der Waals surface area contributed by atoms with Crippen molar-refractivity contribution < 1.29 is 34.7 Å². The summed E-state index contributed by atoms with van der Waals surface area (Å²) in [5.74, 6) is -0.476. The second-order valence-electron chi connectivity index (χ2n) is 8.85. The predicted molar refractivity (Wildman–Crippen MR) is 106 cm³/mol. The average molecular weight is 433 g/mol. The smallest absolute Gasteiger partial charge is 0.252 e. The molecular weight excluding hydrogens is 396 g/mol. The van der Waals surface area contributed by atoms with Crippen molar-refractivity contribution in [3.05, 3.63) is 0 Å². The number of nitrogens with two attached hydrogens (primary N) is 2. The van der Waals surface area contributed by atoms with E-state index < -0.39 is 48.3 Å². The molecule has 3 fully saturated rings. The summed E-state index contributed by atoms with van der Waals surface area (Å²) in [6.07, 6.45) is -1.22. The summed E-state index contributed by atoms with van der Waals surface area (Å²) in [5.41, 5.74) is 10.5. The van der Waals surface area contributed by atoms with Crippen LogP contribution in [0.15, 0.2) is 0 Å². The standard InChI is InChI=1S/C19H36N4O7/c20-10-7-19(28,8-10)18(27)23-11-5-12(21)17(14(26)6-11)30-16-2-1-13(25)15(29-16)9-22-3-4-24/h10-17,22,24-26,28H,1-9,20-21H2,(H,23,27)/t10?,11?,12?,13-,14?,15?,16+,17+,19?/m0/s1. The van der Waals surface area contributed by atoms with Crippen LogP contribution in [0.3, 0.4) is 0 Å². The molecule has 10 N–H and O–H groups in total. The van der Waals surface area contributed by atoms with Crippen LogP contribution in [-0.2, 0) is 14.3 Å². The van der Waals surface area contributed by atoms with Gasteiger partial charge in [-0.2, -0.15) is 0 Å². The number of rotatable bonds is 8. The number of carbonyl (C=O) groups excluding carboxylic acids is 1. The highest BCUT2D eigenvalue weighted by Gasteiger charge is 2.48. The van der Waals surface area contributed by atoms with Crippen LogP contribution in [0.4, 0.5) is 0 Å². The van der Waals surface area contributed by atoms with Crippen molar-refractivity contribution in [2.75, 3.05) is 19.7 Å². The van der Waals surface area contributed by atoms with Crippen LogP contribution in [0.5, 0.6) is 0 Å². The number of nitrogens with one attached hydrogen (secondary N) is 2. The molecule has 0 aromatic carbocycles. The van der Waals surface area contributed by atoms with Crippen LogP contribution in [0.25, 0.3) is 0 Å². The third kappa shape index (κ3) is 5.67. The number of hydrogen-bond acceptors (Lipinski definition) is 10. The molecule has 174 valence electrons. The zero-order chi connectivity index (χ0) is 21.9. The first-order valence-corrected chi connectivity index (χ1v) is 10.7. The summed E-state index contributed by atoms with van der Waals surface area (Å²) in [6.45, 7) is 0.772. The van der Waals surface area contributed by atoms with E-state index in [0.29, 0.717) is 32.4 Å². The fourth-order valence-corrected chi connectivity index (χ4v) is 4.52. The Hall–Kier alpha value is -0.890. The lowest BCUT2D eigenvalue weighted by Crippen LogP contribution is -2.64. The molecule has 0 aromatic heterocycles. The van der Waals surface area contributed by atoms with Crippen LogP contribution in [0.1, 0.15) is 38.5 Å². The fraction of sp³-hybridized carbons (Fsp3) is 0.947. The topological polar surface area (TPSA) is 193 Å². The van der Waals surface area contributed by atoms with Gasteiger partial charge in [0.1, 0.15) is 11.7 Å². The first-order chi connectivity index (χ1) is 14.2. The van der Waals surface area contributed by atoms with Crippen LogP contribution in [-0.4, -0.2) is 100 Å². The van der Waals surface area contributed by atoms with Gasteiger partial charge in [-0.05, 0) is 19.3 Å². The molecule has 0 radical (unpaired) electrons. The van der Waals surface area contributed by atoms with Crippen LogP contribution >= 0.6 is 0 Å². The second-order valence-corrected chi connectivity index (χ2v) is 8.85. The minimum Gasteiger partial charge on any atom is -0.395 e. The third-order valence-electron chi connectivity index (χ3n) is 6.24. The molecule has 3 aliphatic rings. The Morgan fingerprint density at radius 3 is 2.53 bits per heavy atom. The van der Waals surface area contributed by atoms with Crippen molar-refractivity contribution >= 4 is 5.91 Å². The molecule has 1 amide bonds. The Labute approximate surface area is 176 Å². The van der Waals surface area contributed by atoms with E-state index in [1.165, 1.54) is 0 Å². The number of ether oxygens (including phenoxy) is 2. The molecule has 4 unspecified atom stereocenters. The van der Waals surface area contributed by atoms with Gasteiger partial charge in [0, 0.05) is 50.5 Å². The lowest BCUT2D eigenvalue weighted by Gasteiger charge is -2.44. The van der Waals surface area contributed by atoms with Crippen molar-refractivity contribution in [1.82, 2.24) is 10.6 Å². The second kappa shape index (κ2) is 10.2. The molecule has 11 heteroatoms. The van der Waals surface area contributed by atoms with Crippen molar-refractivity contribution in [3.63, 3.8) is 0 Å². The van der Waals surface area contributed by atoms with Crippen molar-refractivity contribution in [3.8, 4) is 0 Å². The maximum absolute atomic E-state index is 12.3. The molecular formula is C19H36N4O7. The number of aliphatic hydroxyl groups excluding tert-OH is 3. The van der Waals surface area contributed by atoms with Gasteiger partial charge in [0.05, 0.1) is 24.9 Å². The lowest BCUT2D eigenvalue weighted by atomic mass is 9.75. The minimum atomic E-state index is -1.43. The normalized spacial score (nSPS) is 44.3. The van der Waals surface area contributed by atoms with E-state index in [0.717, 1.165) is 0 Å². The van der Waals surface area contributed by atoms with E-state index in [1.807, 2.05) is 0 Å². The summed E-state index contributed by atoms with van der Waals surface area (Å²) in [6, 6.07) is -1.07. The molecule has 0 bridgehead atoms. The van der Waals surface area contributed by atoms with E-state index >= 15 is 0 Å². The largest absolute Gasteiger partial charge is 0.395 e. The number of amides is 1. The van der Waals surface area contributed by atoms with Gasteiger partial charge in [0.25, 0.3) is 5.91 Å². The van der Waals surface area contributed by atoms with E-state index in [9.17, 15) is 20.1 Å². The Kier molecular flexibility index (Phi) is 8.04. The molecule has 1 aliphatic heterocycles. The maximum Gasteiger partial charge on any atom is 0.252 e. The highest BCUT2D eigenvalue weighted by Crippen LogP contribution is 2.32.